The van der Waals surface area contributed by atoms with Crippen LogP contribution in [0, 0.1) is 0 Å². The third-order valence-electron chi connectivity index (χ3n) is 3.66. The van der Waals surface area contributed by atoms with E-state index < -0.39 is 24.5 Å². The van der Waals surface area contributed by atoms with Gasteiger partial charge in [0, 0.05) is 12.6 Å². The van der Waals surface area contributed by atoms with Crippen molar-refractivity contribution >= 4 is 17.9 Å². The van der Waals surface area contributed by atoms with Gasteiger partial charge in [0.1, 0.15) is 19.6 Å². The molecule has 130 valence electrons. The summed E-state index contributed by atoms with van der Waals surface area (Å²) in [5.74, 6) is -1.29. The van der Waals surface area contributed by atoms with Gasteiger partial charge in [-0.25, -0.2) is 9.59 Å². The maximum absolute atomic E-state index is 11.9. The number of carbonyl (C=O) groups excluding carboxylic acids is 3. The summed E-state index contributed by atoms with van der Waals surface area (Å²) < 4.78 is 10.2. The van der Waals surface area contributed by atoms with Crippen LogP contribution in [-0.2, 0) is 20.8 Å². The minimum absolute atomic E-state index is 0.364. The van der Waals surface area contributed by atoms with E-state index in [1.54, 1.807) is 12.1 Å². The molecule has 1 aromatic carbocycles. The predicted octanol–water partition coefficient (Wildman–Crippen LogP) is -1.29. The van der Waals surface area contributed by atoms with Crippen molar-refractivity contribution in [3.63, 3.8) is 0 Å². The first-order valence-electron chi connectivity index (χ1n) is 7.77. The molecule has 0 aliphatic carbocycles. The van der Waals surface area contributed by atoms with Gasteiger partial charge in [0.2, 0.25) is 0 Å². The first-order valence-corrected chi connectivity index (χ1v) is 7.77. The van der Waals surface area contributed by atoms with Crippen molar-refractivity contribution in [3.8, 4) is 0 Å². The molecule has 2 rings (SSSR count). The van der Waals surface area contributed by atoms with Crippen LogP contribution in [0.1, 0.15) is 15.9 Å². The summed E-state index contributed by atoms with van der Waals surface area (Å²) in [4.78, 5) is 35.6. The third-order valence-corrected chi connectivity index (χ3v) is 3.66. The van der Waals surface area contributed by atoms with E-state index in [9.17, 15) is 14.4 Å². The van der Waals surface area contributed by atoms with Crippen molar-refractivity contribution in [2.24, 2.45) is 0 Å². The SMILES string of the molecule is CNC(=O)NC(=O)COC(=O)c1ccc(C[NH+]2CCOCC2)cc1. The minimum Gasteiger partial charge on any atom is -0.452 e. The molecule has 1 aliphatic heterocycles. The summed E-state index contributed by atoms with van der Waals surface area (Å²) >= 11 is 0. The highest BCUT2D eigenvalue weighted by Gasteiger charge is 2.15. The van der Waals surface area contributed by atoms with E-state index in [4.69, 9.17) is 9.47 Å². The molecular weight excluding hydrogens is 314 g/mol. The first kappa shape index (κ1) is 17.9. The van der Waals surface area contributed by atoms with Crippen molar-refractivity contribution in [2.75, 3.05) is 40.0 Å². The number of rotatable bonds is 5. The molecule has 0 atom stereocenters. The maximum Gasteiger partial charge on any atom is 0.338 e. The number of urea groups is 1. The highest BCUT2D eigenvalue weighted by molar-refractivity contribution is 5.96. The Morgan fingerprint density at radius 2 is 1.83 bits per heavy atom. The number of amides is 3. The molecular formula is C16H22N3O5+. The highest BCUT2D eigenvalue weighted by Crippen LogP contribution is 2.05. The molecule has 8 heteroatoms. The number of nitrogens with one attached hydrogen (secondary N) is 3. The van der Waals surface area contributed by atoms with Crippen LogP contribution in [0.5, 0.6) is 0 Å². The number of imide groups is 1. The number of quaternary nitrogens is 1. The van der Waals surface area contributed by atoms with Gasteiger partial charge in [-0.1, -0.05) is 12.1 Å². The van der Waals surface area contributed by atoms with E-state index in [1.165, 1.54) is 11.9 Å². The average Bonchev–Trinajstić information content (AvgIpc) is 2.61. The number of ether oxygens (including phenoxy) is 2. The van der Waals surface area contributed by atoms with E-state index in [1.807, 2.05) is 17.4 Å². The van der Waals surface area contributed by atoms with Gasteiger partial charge in [-0.05, 0) is 12.1 Å². The van der Waals surface area contributed by atoms with Crippen LogP contribution >= 0.6 is 0 Å². The average molecular weight is 336 g/mol. The molecule has 0 unspecified atom stereocenters. The van der Waals surface area contributed by atoms with E-state index in [-0.39, 0.29) is 0 Å². The van der Waals surface area contributed by atoms with Gasteiger partial charge >= 0.3 is 12.0 Å². The molecule has 1 aliphatic rings. The summed E-state index contributed by atoms with van der Waals surface area (Å²) in [7, 11) is 1.38. The number of hydrogen-bond donors (Lipinski definition) is 3. The standard InChI is InChI=1S/C16H21N3O5/c1-17-16(22)18-14(20)11-24-15(21)13-4-2-12(3-5-13)10-19-6-8-23-9-7-19/h2-5H,6-11H2,1H3,(H2,17,18,20,22)/p+1. The second kappa shape index (κ2) is 8.99. The van der Waals surface area contributed by atoms with Crippen molar-refractivity contribution < 1.29 is 28.8 Å². The van der Waals surface area contributed by atoms with E-state index in [0.29, 0.717) is 5.56 Å². The molecule has 1 fully saturated rings. The quantitative estimate of drug-likeness (QED) is 0.582. The van der Waals surface area contributed by atoms with E-state index in [0.717, 1.165) is 38.4 Å². The fourth-order valence-electron chi connectivity index (χ4n) is 2.32. The zero-order chi connectivity index (χ0) is 17.4. The number of carbonyl (C=O) groups is 3. The lowest BCUT2D eigenvalue weighted by molar-refractivity contribution is -0.921. The molecule has 1 heterocycles. The smallest absolute Gasteiger partial charge is 0.338 e. The summed E-state index contributed by atoms with van der Waals surface area (Å²) in [6.45, 7) is 3.88. The Morgan fingerprint density at radius 3 is 2.46 bits per heavy atom. The molecule has 3 amide bonds. The lowest BCUT2D eigenvalue weighted by Crippen LogP contribution is -3.12. The highest BCUT2D eigenvalue weighted by atomic mass is 16.5. The second-order valence-corrected chi connectivity index (χ2v) is 5.44. The van der Waals surface area contributed by atoms with Crippen LogP contribution in [-0.4, -0.2) is 57.9 Å². The Labute approximate surface area is 140 Å². The molecule has 8 nitrogen and oxygen atoms in total. The minimum atomic E-state index is -0.685. The van der Waals surface area contributed by atoms with Gasteiger partial charge in [0.05, 0.1) is 18.8 Å². The van der Waals surface area contributed by atoms with Crippen LogP contribution in [0.25, 0.3) is 0 Å². The van der Waals surface area contributed by atoms with Crippen LogP contribution in [0.2, 0.25) is 0 Å². The molecule has 3 N–H and O–H groups in total. The third kappa shape index (κ3) is 5.64. The Bertz CT molecular complexity index is 582. The molecule has 0 aromatic heterocycles. The zero-order valence-corrected chi connectivity index (χ0v) is 13.6. The van der Waals surface area contributed by atoms with Gasteiger partial charge in [0.15, 0.2) is 6.61 Å². The van der Waals surface area contributed by atoms with Gasteiger partial charge in [-0.3, -0.25) is 10.1 Å². The molecule has 0 bridgehead atoms. The molecule has 24 heavy (non-hydrogen) atoms. The van der Waals surface area contributed by atoms with Crippen LogP contribution in [0.4, 0.5) is 4.79 Å². The molecule has 0 spiro atoms. The number of benzene rings is 1. The van der Waals surface area contributed by atoms with Crippen molar-refractivity contribution in [2.45, 2.75) is 6.54 Å². The summed E-state index contributed by atoms with van der Waals surface area (Å²) in [6, 6.07) is 6.46. The Kier molecular flexibility index (Phi) is 6.71. The lowest BCUT2D eigenvalue weighted by atomic mass is 10.1. The first-order chi connectivity index (χ1) is 11.6. The predicted molar refractivity (Wildman–Crippen MR) is 84.5 cm³/mol. The zero-order valence-electron chi connectivity index (χ0n) is 13.6. The normalized spacial score (nSPS) is 14.7. The van der Waals surface area contributed by atoms with Crippen molar-refractivity contribution in [1.82, 2.24) is 10.6 Å². The summed E-state index contributed by atoms with van der Waals surface area (Å²) in [6.07, 6.45) is 0. The van der Waals surface area contributed by atoms with Crippen LogP contribution < -0.4 is 15.5 Å². The van der Waals surface area contributed by atoms with Crippen LogP contribution in [0.3, 0.4) is 0 Å². The van der Waals surface area contributed by atoms with Crippen LogP contribution in [0.15, 0.2) is 24.3 Å². The van der Waals surface area contributed by atoms with E-state index >= 15 is 0 Å². The summed E-state index contributed by atoms with van der Waals surface area (Å²) in [5, 5.41) is 4.25. The van der Waals surface area contributed by atoms with E-state index in [2.05, 4.69) is 5.32 Å². The lowest BCUT2D eigenvalue weighted by Gasteiger charge is -2.23. The van der Waals surface area contributed by atoms with Gasteiger partial charge in [-0.2, -0.15) is 0 Å². The van der Waals surface area contributed by atoms with Gasteiger partial charge < -0.3 is 19.7 Å². The Morgan fingerprint density at radius 1 is 1.17 bits per heavy atom. The molecule has 1 aromatic rings. The Hall–Kier alpha value is -2.45. The fourth-order valence-corrected chi connectivity index (χ4v) is 2.32. The summed E-state index contributed by atoms with van der Waals surface area (Å²) in [5.41, 5.74) is 1.49. The molecule has 0 saturated carbocycles. The monoisotopic (exact) mass is 336 g/mol. The topological polar surface area (TPSA) is 98.2 Å². The van der Waals surface area contributed by atoms with Gasteiger partial charge in [-0.15, -0.1) is 0 Å². The van der Waals surface area contributed by atoms with Crippen molar-refractivity contribution in [3.05, 3.63) is 35.4 Å². The largest absolute Gasteiger partial charge is 0.452 e. The van der Waals surface area contributed by atoms with Gasteiger partial charge in [0.25, 0.3) is 5.91 Å². The van der Waals surface area contributed by atoms with Crippen molar-refractivity contribution in [1.29, 1.82) is 0 Å². The number of esters is 1. The number of morpholine rings is 1. The molecule has 0 radical (unpaired) electrons. The second-order valence-electron chi connectivity index (χ2n) is 5.44. The maximum atomic E-state index is 11.9. The molecule has 1 saturated heterocycles. The Balaban J connectivity index is 1.80. The number of hydrogen-bond acceptors (Lipinski definition) is 5. The fraction of sp³-hybridized carbons (Fsp3) is 0.438.